The van der Waals surface area contributed by atoms with Crippen LogP contribution in [0.3, 0.4) is 0 Å². The molecule has 0 unspecified atom stereocenters. The molecule has 0 fully saturated rings. The number of aryl methyl sites for hydroxylation is 2. The molecular formula is C23H24Cl2N2O3S2. The summed E-state index contributed by atoms with van der Waals surface area (Å²) in [6, 6.07) is 11.3. The van der Waals surface area contributed by atoms with E-state index in [-0.39, 0.29) is 5.97 Å². The Morgan fingerprint density at radius 3 is 2.62 bits per heavy atom. The van der Waals surface area contributed by atoms with E-state index in [2.05, 4.69) is 15.4 Å². The highest BCUT2D eigenvalue weighted by Crippen LogP contribution is 2.30. The third-order valence-electron chi connectivity index (χ3n) is 4.51. The number of esters is 1. The van der Waals surface area contributed by atoms with E-state index < -0.39 is 5.60 Å². The Morgan fingerprint density at radius 1 is 1.16 bits per heavy atom. The van der Waals surface area contributed by atoms with Gasteiger partial charge in [-0.25, -0.2) is 9.78 Å². The van der Waals surface area contributed by atoms with Crippen molar-refractivity contribution in [3.8, 4) is 17.1 Å². The summed E-state index contributed by atoms with van der Waals surface area (Å²) in [5.74, 6) is 1.82. The highest BCUT2D eigenvalue weighted by molar-refractivity contribution is 7.99. The van der Waals surface area contributed by atoms with Gasteiger partial charge in [0.2, 0.25) is 0 Å². The van der Waals surface area contributed by atoms with Crippen molar-refractivity contribution in [1.82, 2.24) is 9.36 Å². The van der Waals surface area contributed by atoms with Crippen molar-refractivity contribution in [2.24, 2.45) is 0 Å². The van der Waals surface area contributed by atoms with Crippen LogP contribution in [0, 0.1) is 6.92 Å². The van der Waals surface area contributed by atoms with Gasteiger partial charge in [-0.3, -0.25) is 0 Å². The van der Waals surface area contributed by atoms with Gasteiger partial charge in [0.15, 0.2) is 11.4 Å². The number of carbonyl (C=O) groups excluding carboxylic acids is 1. The largest absolute Gasteiger partial charge is 0.476 e. The fraction of sp³-hybridized carbons (Fsp3) is 0.348. The van der Waals surface area contributed by atoms with Crippen molar-refractivity contribution in [3.63, 3.8) is 0 Å². The van der Waals surface area contributed by atoms with E-state index in [4.69, 9.17) is 32.7 Å². The fourth-order valence-corrected chi connectivity index (χ4v) is 4.85. The van der Waals surface area contributed by atoms with E-state index in [1.807, 2.05) is 25.1 Å². The van der Waals surface area contributed by atoms with Gasteiger partial charge in [0.1, 0.15) is 10.8 Å². The van der Waals surface area contributed by atoms with Crippen LogP contribution in [-0.2, 0) is 16.0 Å². The van der Waals surface area contributed by atoms with Gasteiger partial charge < -0.3 is 9.47 Å². The molecule has 1 aromatic heterocycles. The minimum atomic E-state index is -1.04. The lowest BCUT2D eigenvalue weighted by molar-refractivity contribution is -0.158. The molecular weight excluding hydrogens is 487 g/mol. The van der Waals surface area contributed by atoms with E-state index in [1.54, 1.807) is 44.7 Å². The van der Waals surface area contributed by atoms with Crippen molar-refractivity contribution < 1.29 is 14.3 Å². The van der Waals surface area contributed by atoms with Crippen molar-refractivity contribution in [3.05, 3.63) is 57.0 Å². The normalized spacial score (nSPS) is 11.4. The van der Waals surface area contributed by atoms with E-state index in [9.17, 15) is 4.79 Å². The third-order valence-corrected chi connectivity index (χ3v) is 7.01. The zero-order valence-corrected chi connectivity index (χ0v) is 21.4. The van der Waals surface area contributed by atoms with Gasteiger partial charge in [-0.05, 0) is 81.2 Å². The van der Waals surface area contributed by atoms with Crippen molar-refractivity contribution in [2.75, 3.05) is 12.4 Å². The molecule has 1 heterocycles. The first-order chi connectivity index (χ1) is 15.2. The number of benzene rings is 2. The summed E-state index contributed by atoms with van der Waals surface area (Å²) in [6.07, 6.45) is 0.802. The molecule has 0 atom stereocenters. The first kappa shape index (κ1) is 24.8. The Balaban J connectivity index is 1.56. The lowest BCUT2D eigenvalue weighted by Gasteiger charge is -2.25. The highest BCUT2D eigenvalue weighted by Gasteiger charge is 2.32. The van der Waals surface area contributed by atoms with E-state index in [0.717, 1.165) is 33.2 Å². The van der Waals surface area contributed by atoms with Gasteiger partial charge >= 0.3 is 5.97 Å². The molecule has 0 aliphatic rings. The molecule has 0 aliphatic carbocycles. The highest BCUT2D eigenvalue weighted by atomic mass is 35.5. The maximum atomic E-state index is 12.1. The predicted octanol–water partition coefficient (Wildman–Crippen LogP) is 6.88. The van der Waals surface area contributed by atoms with Crippen LogP contribution >= 0.6 is 46.5 Å². The minimum absolute atomic E-state index is 0.323. The monoisotopic (exact) mass is 510 g/mol. The lowest BCUT2D eigenvalue weighted by atomic mass is 10.1. The average molecular weight is 511 g/mol. The summed E-state index contributed by atoms with van der Waals surface area (Å²) in [4.78, 5) is 17.8. The fourth-order valence-electron chi connectivity index (χ4n) is 2.81. The van der Waals surface area contributed by atoms with Crippen LogP contribution in [0.15, 0.2) is 41.3 Å². The number of hydrogen-bond donors (Lipinski definition) is 0. The zero-order chi connectivity index (χ0) is 23.3. The molecule has 0 saturated heterocycles. The molecule has 0 saturated carbocycles. The van der Waals surface area contributed by atoms with Gasteiger partial charge in [0.25, 0.3) is 0 Å². The second-order valence-electron chi connectivity index (χ2n) is 7.50. The van der Waals surface area contributed by atoms with Gasteiger partial charge in [-0.1, -0.05) is 23.2 Å². The first-order valence-corrected chi connectivity index (χ1v) is 12.6. The lowest BCUT2D eigenvalue weighted by Crippen LogP contribution is -2.39. The summed E-state index contributed by atoms with van der Waals surface area (Å²) in [5.41, 5.74) is 0.774. The first-order valence-electron chi connectivity index (χ1n) is 10.1. The Kier molecular flexibility index (Phi) is 8.44. The summed E-state index contributed by atoms with van der Waals surface area (Å²) < 4.78 is 15.4. The van der Waals surface area contributed by atoms with Gasteiger partial charge in [-0.2, -0.15) is 4.37 Å². The summed E-state index contributed by atoms with van der Waals surface area (Å²) in [5, 5.41) is 1.97. The molecule has 0 radical (unpaired) electrons. The maximum Gasteiger partial charge on any atom is 0.349 e. The van der Waals surface area contributed by atoms with Crippen molar-refractivity contribution in [2.45, 2.75) is 44.6 Å². The van der Waals surface area contributed by atoms with Crippen LogP contribution in [0.4, 0.5) is 0 Å². The standard InChI is InChI=1S/C23H24Cl2N2O3S2/c1-5-29-22(28)23(3,4)30-19-9-7-16(12-14(19)2)31-11-10-20-26-21(27-32-20)15-6-8-17(24)18(25)13-15/h6-9,12-13H,5,10-11H2,1-4H3. The summed E-state index contributed by atoms with van der Waals surface area (Å²) >= 11 is 15.2. The van der Waals surface area contributed by atoms with Gasteiger partial charge in [-0.15, -0.1) is 11.8 Å². The molecule has 0 spiro atoms. The molecule has 0 aliphatic heterocycles. The molecule has 3 rings (SSSR count). The maximum absolute atomic E-state index is 12.1. The minimum Gasteiger partial charge on any atom is -0.476 e. The van der Waals surface area contributed by atoms with Gasteiger partial charge in [0.05, 0.1) is 16.7 Å². The zero-order valence-electron chi connectivity index (χ0n) is 18.3. The second kappa shape index (κ2) is 10.9. The smallest absolute Gasteiger partial charge is 0.349 e. The number of halogens is 2. The van der Waals surface area contributed by atoms with Crippen molar-refractivity contribution >= 4 is 52.5 Å². The molecule has 32 heavy (non-hydrogen) atoms. The van der Waals surface area contributed by atoms with Crippen LogP contribution in [0.25, 0.3) is 11.4 Å². The number of thioether (sulfide) groups is 1. The molecule has 9 heteroatoms. The molecule has 0 amide bonds. The second-order valence-corrected chi connectivity index (χ2v) is 10.3. The Bertz CT molecular complexity index is 1100. The molecule has 5 nitrogen and oxygen atoms in total. The van der Waals surface area contributed by atoms with Crippen LogP contribution < -0.4 is 4.74 Å². The van der Waals surface area contributed by atoms with E-state index in [1.165, 1.54) is 11.5 Å². The SMILES string of the molecule is CCOC(=O)C(C)(C)Oc1ccc(SCCc2nc(-c3ccc(Cl)c(Cl)c3)ns2)cc1C. The topological polar surface area (TPSA) is 61.3 Å². The molecule has 2 aromatic carbocycles. The van der Waals surface area contributed by atoms with Crippen LogP contribution in [0.5, 0.6) is 5.75 Å². The van der Waals surface area contributed by atoms with Gasteiger partial charge in [0, 0.05) is 22.6 Å². The average Bonchev–Trinajstić information content (AvgIpc) is 3.21. The van der Waals surface area contributed by atoms with Crippen LogP contribution in [0.2, 0.25) is 10.0 Å². The Hall–Kier alpha value is -1.80. The van der Waals surface area contributed by atoms with Crippen LogP contribution in [-0.4, -0.2) is 33.3 Å². The van der Waals surface area contributed by atoms with Crippen LogP contribution in [0.1, 0.15) is 31.3 Å². The number of nitrogens with zero attached hydrogens (tertiary/aromatic N) is 2. The number of rotatable bonds is 9. The quantitative estimate of drug-likeness (QED) is 0.231. The summed E-state index contributed by atoms with van der Waals surface area (Å²) in [7, 11) is 0. The number of carbonyl (C=O) groups is 1. The number of ether oxygens (including phenoxy) is 2. The number of hydrogen-bond acceptors (Lipinski definition) is 7. The Morgan fingerprint density at radius 2 is 1.94 bits per heavy atom. The third kappa shape index (κ3) is 6.38. The van der Waals surface area contributed by atoms with E-state index in [0.29, 0.717) is 28.2 Å². The Labute approximate surface area is 206 Å². The summed E-state index contributed by atoms with van der Waals surface area (Å²) in [6.45, 7) is 7.49. The molecule has 0 bridgehead atoms. The predicted molar refractivity (Wildman–Crippen MR) is 132 cm³/mol. The molecule has 3 aromatic rings. The number of aromatic nitrogens is 2. The van der Waals surface area contributed by atoms with E-state index >= 15 is 0 Å². The van der Waals surface area contributed by atoms with Crippen molar-refractivity contribution in [1.29, 1.82) is 0 Å². The molecule has 0 N–H and O–H groups in total. The molecule has 170 valence electrons.